The number of carbonyl (C=O) groups excluding carboxylic acids is 3. The van der Waals surface area contributed by atoms with Crippen LogP contribution >= 0.6 is 23.2 Å². The molecule has 0 aliphatic rings. The summed E-state index contributed by atoms with van der Waals surface area (Å²) in [4.78, 5) is 76.9. The van der Waals surface area contributed by atoms with Crippen molar-refractivity contribution in [3.05, 3.63) is 141 Å². The first-order valence-electron chi connectivity index (χ1n) is 23.6. The predicted molar refractivity (Wildman–Crippen MR) is 286 cm³/mol. The van der Waals surface area contributed by atoms with E-state index < -0.39 is 59.1 Å². The lowest BCUT2D eigenvalue weighted by molar-refractivity contribution is -0.275. The number of rotatable bonds is 18. The number of hydrogen-bond acceptors (Lipinski definition) is 12. The summed E-state index contributed by atoms with van der Waals surface area (Å²) in [6, 6.07) is 22.5. The second-order valence-corrected chi connectivity index (χ2v) is 18.1. The second kappa shape index (κ2) is 30.2. The summed E-state index contributed by atoms with van der Waals surface area (Å²) in [6.07, 6.45) is -5.09. The van der Waals surface area contributed by atoms with Crippen LogP contribution in [0.25, 0.3) is 22.3 Å². The molecule has 0 aliphatic carbocycles. The Morgan fingerprint density at radius 1 is 0.654 bits per heavy atom. The van der Waals surface area contributed by atoms with Gasteiger partial charge >= 0.3 is 30.9 Å². The van der Waals surface area contributed by atoms with Gasteiger partial charge in [-0.2, -0.15) is 0 Å². The molecule has 9 N–H and O–H groups in total. The van der Waals surface area contributed by atoms with Crippen LogP contribution in [0.3, 0.4) is 0 Å². The molecular weight excluding hydrogens is 1080 g/mol. The third-order valence-corrected chi connectivity index (χ3v) is 10.0. The Labute approximate surface area is 453 Å². The van der Waals surface area contributed by atoms with Gasteiger partial charge in [-0.1, -0.05) is 86.1 Å². The highest BCUT2D eigenvalue weighted by molar-refractivity contribution is 6.40. The van der Waals surface area contributed by atoms with Crippen molar-refractivity contribution in [3.8, 4) is 33.8 Å². The standard InChI is InChI=1S/C28H32F3N5O5.C22H23F3N6O3.CH2Cl2/c1-5-6-15-36(26(39)41-27(2,3)4)17-18-11-13-19(14-12-18)20-16-32-24(34-23(20)37)35-25(38)33-21-9-7-8-10-22(21)40-28(29,30)31;23-22(24,25)34-18-5-2-1-4-17(18)29-21(33)31-20-28-13-16(19(32)30-20)15-8-6-14(7-9-15)12-27-11-3-10-26;2-1-3/h7-14,16H,5-6,15,17H2,1-4H3,(H3,32,33,34,35,37,38);1-2,4-9,13,27H,3,10-12,26H2,(H3,28,29,30,31,32,33);1H2. The van der Waals surface area contributed by atoms with Crippen molar-refractivity contribution in [3.63, 3.8) is 0 Å². The molecule has 0 fully saturated rings. The Morgan fingerprint density at radius 3 is 1.49 bits per heavy atom. The highest BCUT2D eigenvalue weighted by Gasteiger charge is 2.33. The molecule has 0 bridgehead atoms. The first-order valence-corrected chi connectivity index (χ1v) is 24.7. The fourth-order valence-electron chi connectivity index (χ4n) is 6.60. The van der Waals surface area contributed by atoms with E-state index in [0.29, 0.717) is 37.3 Å². The maximum atomic E-state index is 12.7. The van der Waals surface area contributed by atoms with Crippen LogP contribution in [-0.2, 0) is 17.8 Å². The van der Waals surface area contributed by atoms with E-state index in [1.54, 1.807) is 41.3 Å². The quantitative estimate of drug-likeness (QED) is 0.0227. The Bertz CT molecular complexity index is 3000. The molecule has 0 aliphatic heterocycles. The average Bonchev–Trinajstić information content (AvgIpc) is 3.35. The third-order valence-electron chi connectivity index (χ3n) is 10.0. The number of hydrogen-bond donors (Lipinski definition) is 8. The van der Waals surface area contributed by atoms with Crippen molar-refractivity contribution in [1.29, 1.82) is 0 Å². The Hall–Kier alpha value is -7.87. The molecule has 0 radical (unpaired) electrons. The molecule has 78 heavy (non-hydrogen) atoms. The lowest BCUT2D eigenvalue weighted by atomic mass is 10.1. The number of H-pyrrole nitrogens is 2. The first kappa shape index (κ1) is 62.7. The minimum absolute atomic E-state index is 0.179. The van der Waals surface area contributed by atoms with Gasteiger partial charge in [-0.15, -0.1) is 49.5 Å². The number of aromatic nitrogens is 4. The Balaban J connectivity index is 0.000000325. The van der Waals surface area contributed by atoms with Gasteiger partial charge in [0.1, 0.15) is 5.60 Å². The summed E-state index contributed by atoms with van der Waals surface area (Å²) in [5, 5.41) is 12.5. The van der Waals surface area contributed by atoms with Crippen LogP contribution in [0.5, 0.6) is 11.5 Å². The minimum atomic E-state index is -4.94. The number of amides is 5. The number of carbonyl (C=O) groups is 3. The van der Waals surface area contributed by atoms with Crippen molar-refractivity contribution in [2.24, 2.45) is 5.73 Å². The largest absolute Gasteiger partial charge is 0.573 e. The molecule has 2 heterocycles. The van der Waals surface area contributed by atoms with Crippen molar-refractivity contribution in [2.45, 2.75) is 78.4 Å². The monoisotopic (exact) mass is 1140 g/mol. The summed E-state index contributed by atoms with van der Waals surface area (Å²) in [5.41, 5.74) is 6.91. The summed E-state index contributed by atoms with van der Waals surface area (Å²) < 4.78 is 88.7. The second-order valence-electron chi connectivity index (χ2n) is 17.3. The summed E-state index contributed by atoms with van der Waals surface area (Å²) in [6.45, 7) is 10.4. The molecule has 0 saturated carbocycles. The normalized spacial score (nSPS) is 11.1. The van der Waals surface area contributed by atoms with Crippen LogP contribution in [0.1, 0.15) is 58.1 Å². The van der Waals surface area contributed by atoms with Crippen LogP contribution in [-0.4, -0.2) is 86.3 Å². The maximum absolute atomic E-state index is 12.7. The number of alkyl halides is 8. The molecule has 0 spiro atoms. The smallest absolute Gasteiger partial charge is 0.444 e. The van der Waals surface area contributed by atoms with E-state index in [0.717, 1.165) is 49.1 Å². The summed E-state index contributed by atoms with van der Waals surface area (Å²) in [5.74, 6) is -1.58. The number of nitrogens with one attached hydrogen (secondary N) is 7. The number of halogens is 8. The number of nitrogens with zero attached hydrogens (tertiary/aromatic N) is 3. The number of anilines is 4. The number of ether oxygens (including phenoxy) is 3. The molecular formula is C51H57Cl2F6N11O8. The third kappa shape index (κ3) is 22.4. The van der Waals surface area contributed by atoms with Gasteiger partial charge in [0.05, 0.1) is 27.8 Å². The molecule has 6 rings (SSSR count). The zero-order valence-corrected chi connectivity index (χ0v) is 44.0. The van der Waals surface area contributed by atoms with Gasteiger partial charge in [0.15, 0.2) is 11.5 Å². The van der Waals surface area contributed by atoms with Gasteiger partial charge in [0.25, 0.3) is 11.1 Å². The molecule has 19 nitrogen and oxygen atoms in total. The molecule has 0 unspecified atom stereocenters. The van der Waals surface area contributed by atoms with E-state index in [2.05, 4.69) is 56.0 Å². The van der Waals surface area contributed by atoms with E-state index in [9.17, 15) is 50.3 Å². The predicted octanol–water partition coefficient (Wildman–Crippen LogP) is 11.4. The van der Waals surface area contributed by atoms with Gasteiger partial charge in [-0.25, -0.2) is 24.4 Å². The number of benzene rings is 4. The highest BCUT2D eigenvalue weighted by atomic mass is 35.5. The van der Waals surface area contributed by atoms with Crippen LogP contribution in [0, 0.1) is 0 Å². The molecule has 0 saturated heterocycles. The van der Waals surface area contributed by atoms with Gasteiger partial charge < -0.3 is 40.8 Å². The zero-order valence-electron chi connectivity index (χ0n) is 42.5. The molecule has 2 aromatic heterocycles. The summed E-state index contributed by atoms with van der Waals surface area (Å²) in [7, 11) is 0. The van der Waals surface area contributed by atoms with Crippen molar-refractivity contribution < 1.29 is 54.9 Å². The lowest BCUT2D eigenvalue weighted by Gasteiger charge is -2.27. The van der Waals surface area contributed by atoms with E-state index in [1.165, 1.54) is 48.8 Å². The SMILES string of the molecule is CCCCN(Cc1ccc(-c2cnc(NC(=O)Nc3ccccc3OC(F)(F)F)[nH]c2=O)cc1)C(=O)OC(C)(C)C.ClCCl.NCCCNCc1ccc(-c2cnc(NC(=O)Nc3ccccc3OC(F)(F)F)[nH]c2=O)cc1. The average molecular weight is 1140 g/mol. The molecule has 27 heteroatoms. The van der Waals surface area contributed by atoms with Crippen LogP contribution < -0.4 is 52.9 Å². The number of para-hydroxylation sites is 4. The molecule has 6 aromatic rings. The molecule has 420 valence electrons. The minimum Gasteiger partial charge on any atom is -0.444 e. The topological polar surface area (TPSA) is 260 Å². The highest BCUT2D eigenvalue weighted by Crippen LogP contribution is 2.31. The van der Waals surface area contributed by atoms with E-state index in [4.69, 9.17) is 33.7 Å². The Kier molecular flexibility index (Phi) is 24.2. The van der Waals surface area contributed by atoms with Gasteiger partial charge in [0.2, 0.25) is 11.9 Å². The molecule has 4 aromatic carbocycles. The van der Waals surface area contributed by atoms with Crippen LogP contribution in [0.4, 0.5) is 64.0 Å². The fourth-order valence-corrected chi connectivity index (χ4v) is 6.60. The van der Waals surface area contributed by atoms with Crippen LogP contribution in [0.15, 0.2) is 119 Å². The van der Waals surface area contributed by atoms with Gasteiger partial charge in [0, 0.05) is 32.0 Å². The lowest BCUT2D eigenvalue weighted by Crippen LogP contribution is -2.37. The maximum Gasteiger partial charge on any atom is 0.573 e. The van der Waals surface area contributed by atoms with E-state index in [1.807, 2.05) is 39.8 Å². The number of nitrogens with two attached hydrogens (primary N) is 1. The molecule has 0 atom stereocenters. The van der Waals surface area contributed by atoms with Crippen LogP contribution in [0.2, 0.25) is 0 Å². The molecule has 5 amide bonds. The van der Waals surface area contributed by atoms with E-state index in [-0.39, 0.29) is 39.7 Å². The van der Waals surface area contributed by atoms with Crippen molar-refractivity contribution >= 4 is 64.6 Å². The number of urea groups is 2. The van der Waals surface area contributed by atoms with Crippen molar-refractivity contribution in [2.75, 3.05) is 46.2 Å². The fraction of sp³-hybridized carbons (Fsp3) is 0.314. The van der Waals surface area contributed by atoms with Gasteiger partial charge in [-0.3, -0.25) is 30.2 Å². The number of unbranched alkanes of at least 4 members (excludes halogenated alkanes) is 1. The van der Waals surface area contributed by atoms with Gasteiger partial charge in [-0.05, 0) is 93.2 Å². The van der Waals surface area contributed by atoms with Crippen molar-refractivity contribution in [1.82, 2.24) is 30.2 Å². The zero-order chi connectivity index (χ0) is 57.5. The first-order chi connectivity index (χ1) is 36.9. The number of aromatic amines is 2. The summed E-state index contributed by atoms with van der Waals surface area (Å²) >= 11 is 9.53. The van der Waals surface area contributed by atoms with E-state index >= 15 is 0 Å². The Morgan fingerprint density at radius 2 is 1.09 bits per heavy atom.